The van der Waals surface area contributed by atoms with E-state index in [-0.39, 0.29) is 25.0 Å². The van der Waals surface area contributed by atoms with Crippen molar-refractivity contribution in [3.63, 3.8) is 0 Å². The van der Waals surface area contributed by atoms with E-state index in [4.69, 9.17) is 9.47 Å². The molecule has 8 nitrogen and oxygen atoms in total. The number of carbonyl (C=O) groups is 1. The van der Waals surface area contributed by atoms with Crippen LogP contribution >= 0.6 is 0 Å². The molecule has 9 heteroatoms. The Bertz CT molecular complexity index is 805. The zero-order valence-electron chi connectivity index (χ0n) is 15.8. The zero-order valence-corrected chi connectivity index (χ0v) is 16.7. The van der Waals surface area contributed by atoms with Crippen molar-refractivity contribution in [2.24, 2.45) is 11.3 Å². The van der Waals surface area contributed by atoms with Crippen LogP contribution in [0.1, 0.15) is 16.8 Å². The van der Waals surface area contributed by atoms with Gasteiger partial charge in [0.2, 0.25) is 10.0 Å². The molecule has 1 aromatic rings. The first-order valence-electron chi connectivity index (χ1n) is 8.81. The fraction of sp³-hybridized carbons (Fsp3) is 0.611. The molecule has 3 rings (SSSR count). The van der Waals surface area contributed by atoms with Gasteiger partial charge in [-0.05, 0) is 24.5 Å². The largest absolute Gasteiger partial charge is 0.497 e. The molecule has 2 aliphatic rings. The van der Waals surface area contributed by atoms with E-state index in [1.807, 2.05) is 0 Å². The van der Waals surface area contributed by atoms with Crippen molar-refractivity contribution in [2.45, 2.75) is 6.42 Å². The van der Waals surface area contributed by atoms with Gasteiger partial charge < -0.3 is 19.5 Å². The molecule has 0 aliphatic carbocycles. The predicted octanol–water partition coefficient (Wildman–Crippen LogP) is 0.420. The first-order chi connectivity index (χ1) is 12.7. The lowest BCUT2D eigenvalue weighted by atomic mass is 9.74. The van der Waals surface area contributed by atoms with Crippen LogP contribution in [0.2, 0.25) is 0 Å². The number of amides is 1. The molecule has 2 saturated heterocycles. The summed E-state index contributed by atoms with van der Waals surface area (Å²) in [6.45, 7) is 1.31. The highest BCUT2D eigenvalue weighted by Crippen LogP contribution is 2.43. The van der Waals surface area contributed by atoms with E-state index in [0.717, 1.165) is 0 Å². The molecular weight excluding hydrogens is 372 g/mol. The Balaban J connectivity index is 1.85. The van der Waals surface area contributed by atoms with Crippen LogP contribution in [0, 0.1) is 11.3 Å². The second kappa shape index (κ2) is 7.29. The molecule has 1 N–H and O–H groups in total. The maximum absolute atomic E-state index is 13.1. The molecule has 2 heterocycles. The van der Waals surface area contributed by atoms with E-state index < -0.39 is 15.4 Å². The number of hydrogen-bond donors (Lipinski definition) is 1. The summed E-state index contributed by atoms with van der Waals surface area (Å²) in [5.74, 6) is 0.902. The van der Waals surface area contributed by atoms with Gasteiger partial charge in [0.05, 0.1) is 27.1 Å². The minimum atomic E-state index is -3.33. The Morgan fingerprint density at radius 2 is 1.85 bits per heavy atom. The van der Waals surface area contributed by atoms with Gasteiger partial charge in [0.15, 0.2) is 0 Å². The van der Waals surface area contributed by atoms with Gasteiger partial charge in [-0.15, -0.1) is 0 Å². The van der Waals surface area contributed by atoms with Gasteiger partial charge in [-0.3, -0.25) is 4.79 Å². The van der Waals surface area contributed by atoms with Crippen LogP contribution < -0.4 is 9.47 Å². The van der Waals surface area contributed by atoms with Gasteiger partial charge in [-0.25, -0.2) is 12.7 Å². The summed E-state index contributed by atoms with van der Waals surface area (Å²) in [6, 6.07) is 5.00. The molecule has 27 heavy (non-hydrogen) atoms. The SMILES string of the molecule is COc1cc(OC)cc(C(=O)N2CC[C@H]3CN(S(C)(=O)=O)C[C@@]3(CO)C2)c1. The first kappa shape index (κ1) is 19.9. The number of methoxy groups -OCH3 is 2. The number of nitrogens with zero attached hydrogens (tertiary/aromatic N) is 2. The molecule has 0 radical (unpaired) electrons. The zero-order chi connectivity index (χ0) is 19.8. The fourth-order valence-electron chi connectivity index (χ4n) is 4.10. The number of rotatable bonds is 5. The van der Waals surface area contributed by atoms with Crippen LogP contribution in [0.4, 0.5) is 0 Å². The lowest BCUT2D eigenvalue weighted by Crippen LogP contribution is -2.52. The molecule has 0 bridgehead atoms. The van der Waals surface area contributed by atoms with Gasteiger partial charge in [-0.2, -0.15) is 0 Å². The van der Waals surface area contributed by atoms with Crippen LogP contribution in [0.15, 0.2) is 18.2 Å². The van der Waals surface area contributed by atoms with E-state index >= 15 is 0 Å². The molecule has 1 aromatic carbocycles. The Morgan fingerprint density at radius 3 is 2.37 bits per heavy atom. The van der Waals surface area contributed by atoms with Crippen LogP contribution in [-0.2, 0) is 10.0 Å². The quantitative estimate of drug-likeness (QED) is 0.772. The van der Waals surface area contributed by atoms with E-state index in [1.54, 1.807) is 23.1 Å². The van der Waals surface area contributed by atoms with Crippen LogP contribution in [-0.4, -0.2) is 81.9 Å². The van der Waals surface area contributed by atoms with Crippen molar-refractivity contribution < 1.29 is 27.8 Å². The molecule has 2 atom stereocenters. The number of aliphatic hydroxyl groups is 1. The van der Waals surface area contributed by atoms with Gasteiger partial charge in [0.1, 0.15) is 11.5 Å². The maximum Gasteiger partial charge on any atom is 0.254 e. The number of hydrogen-bond acceptors (Lipinski definition) is 6. The minimum Gasteiger partial charge on any atom is -0.497 e. The monoisotopic (exact) mass is 398 g/mol. The minimum absolute atomic E-state index is 0.0427. The second-order valence-electron chi connectivity index (χ2n) is 7.39. The highest BCUT2D eigenvalue weighted by molar-refractivity contribution is 7.88. The highest BCUT2D eigenvalue weighted by atomic mass is 32.2. The van der Waals surface area contributed by atoms with Gasteiger partial charge in [-0.1, -0.05) is 0 Å². The number of sulfonamides is 1. The highest BCUT2D eigenvalue weighted by Gasteiger charge is 2.52. The molecule has 0 unspecified atom stereocenters. The number of piperidine rings is 1. The number of fused-ring (bicyclic) bond motifs is 1. The number of likely N-dealkylation sites (tertiary alicyclic amines) is 1. The van der Waals surface area contributed by atoms with Crippen LogP contribution in [0.3, 0.4) is 0 Å². The van der Waals surface area contributed by atoms with Gasteiger partial charge in [0, 0.05) is 43.2 Å². The molecule has 0 saturated carbocycles. The van der Waals surface area contributed by atoms with Crippen LogP contribution in [0.25, 0.3) is 0 Å². The molecule has 2 fully saturated rings. The molecule has 1 amide bonds. The van der Waals surface area contributed by atoms with E-state index in [9.17, 15) is 18.3 Å². The van der Waals surface area contributed by atoms with Crippen molar-refractivity contribution in [1.29, 1.82) is 0 Å². The van der Waals surface area contributed by atoms with Crippen molar-refractivity contribution in [3.05, 3.63) is 23.8 Å². The summed E-state index contributed by atoms with van der Waals surface area (Å²) in [6.07, 6.45) is 1.83. The molecule has 0 spiro atoms. The standard InChI is InChI=1S/C18H26N2O6S/c1-25-15-6-13(7-16(8-15)26-2)17(22)19-5-4-14-9-20(27(3,23)24)11-18(14,10-19)12-21/h6-8,14,21H,4-5,9-12H2,1-3H3/t14-,18+/m0/s1. The number of aliphatic hydroxyl groups excluding tert-OH is 1. The number of carbonyl (C=O) groups excluding carboxylic acids is 1. The normalized spacial score (nSPS) is 25.9. The average Bonchev–Trinajstić information content (AvgIpc) is 3.06. The van der Waals surface area contributed by atoms with E-state index in [1.165, 1.54) is 24.8 Å². The van der Waals surface area contributed by atoms with Gasteiger partial charge in [0.25, 0.3) is 5.91 Å². The average molecular weight is 398 g/mol. The smallest absolute Gasteiger partial charge is 0.254 e. The molecule has 150 valence electrons. The number of benzene rings is 1. The summed E-state index contributed by atoms with van der Waals surface area (Å²) < 4.78 is 35.8. The Labute approximate surface area is 159 Å². The van der Waals surface area contributed by atoms with Crippen molar-refractivity contribution in [1.82, 2.24) is 9.21 Å². The van der Waals surface area contributed by atoms with Crippen molar-refractivity contribution >= 4 is 15.9 Å². The second-order valence-corrected chi connectivity index (χ2v) is 9.37. The lowest BCUT2D eigenvalue weighted by Gasteiger charge is -2.43. The molecule has 2 aliphatic heterocycles. The Morgan fingerprint density at radius 1 is 1.22 bits per heavy atom. The maximum atomic E-state index is 13.1. The number of ether oxygens (including phenoxy) is 2. The summed E-state index contributed by atoms with van der Waals surface area (Å²) >= 11 is 0. The van der Waals surface area contributed by atoms with E-state index in [0.29, 0.717) is 43.1 Å². The third-order valence-electron chi connectivity index (χ3n) is 5.70. The third-order valence-corrected chi connectivity index (χ3v) is 6.92. The fourth-order valence-corrected chi connectivity index (χ4v) is 5.04. The van der Waals surface area contributed by atoms with Crippen molar-refractivity contribution in [2.75, 3.05) is 53.3 Å². The summed E-state index contributed by atoms with van der Waals surface area (Å²) in [5.41, 5.74) is -0.185. The lowest BCUT2D eigenvalue weighted by molar-refractivity contribution is 0.0129. The molecular formula is C18H26N2O6S. The Kier molecular flexibility index (Phi) is 5.38. The third kappa shape index (κ3) is 3.76. The Hall–Kier alpha value is -1.84. The van der Waals surface area contributed by atoms with Crippen molar-refractivity contribution in [3.8, 4) is 11.5 Å². The molecule has 0 aromatic heterocycles. The van der Waals surface area contributed by atoms with Crippen LogP contribution in [0.5, 0.6) is 11.5 Å². The summed E-state index contributed by atoms with van der Waals surface area (Å²) in [5, 5.41) is 10.1. The van der Waals surface area contributed by atoms with Gasteiger partial charge >= 0.3 is 0 Å². The van der Waals surface area contributed by atoms with E-state index in [2.05, 4.69) is 0 Å². The first-order valence-corrected chi connectivity index (χ1v) is 10.7. The topological polar surface area (TPSA) is 96.4 Å². The predicted molar refractivity (Wildman–Crippen MR) is 99.5 cm³/mol. The summed E-state index contributed by atoms with van der Waals surface area (Å²) in [7, 11) is -0.288. The summed E-state index contributed by atoms with van der Waals surface area (Å²) in [4.78, 5) is 14.7.